The molecule has 0 saturated carbocycles. The summed E-state index contributed by atoms with van der Waals surface area (Å²) in [4.78, 5) is 12.7. The minimum atomic E-state index is -0.160. The molecule has 1 amide bonds. The Bertz CT molecular complexity index is 838. The van der Waals surface area contributed by atoms with Crippen LogP contribution < -0.4 is 14.8 Å². The molecule has 2 aromatic rings. The monoisotopic (exact) mass is 381 g/mol. The summed E-state index contributed by atoms with van der Waals surface area (Å²) in [5, 5.41) is 3.16. The number of nitrogens with one attached hydrogen (secondary N) is 1. The maximum atomic E-state index is 12.7. The van der Waals surface area contributed by atoms with Gasteiger partial charge < -0.3 is 19.5 Å². The van der Waals surface area contributed by atoms with Gasteiger partial charge in [-0.25, -0.2) is 0 Å². The molecular formula is C23H27NO4. The summed E-state index contributed by atoms with van der Waals surface area (Å²) >= 11 is 0. The number of carbonyl (C=O) groups excluding carboxylic acids is 1. The third-order valence-corrected chi connectivity index (χ3v) is 5.86. The Labute approximate surface area is 166 Å². The molecule has 2 aromatic carbocycles. The van der Waals surface area contributed by atoms with Crippen LogP contribution in [-0.2, 0) is 10.2 Å². The molecule has 0 aromatic heterocycles. The molecule has 2 aliphatic rings. The van der Waals surface area contributed by atoms with Gasteiger partial charge in [0.1, 0.15) is 0 Å². The zero-order chi connectivity index (χ0) is 19.6. The summed E-state index contributed by atoms with van der Waals surface area (Å²) in [6.07, 6.45) is 1.72. The SMILES string of the molecule is CC(C)c1ccc(C(=O)NCC2(c3ccc4c(c3)OCO4)CCOCC2)cc1. The van der Waals surface area contributed by atoms with E-state index in [-0.39, 0.29) is 18.1 Å². The fourth-order valence-corrected chi connectivity index (χ4v) is 3.93. The molecule has 1 saturated heterocycles. The summed E-state index contributed by atoms with van der Waals surface area (Å²) in [7, 11) is 0. The lowest BCUT2D eigenvalue weighted by Crippen LogP contribution is -2.44. The molecule has 0 aliphatic carbocycles. The fraction of sp³-hybridized carbons (Fsp3) is 0.435. The molecule has 2 aliphatic heterocycles. The number of hydrogen-bond donors (Lipinski definition) is 1. The summed E-state index contributed by atoms with van der Waals surface area (Å²) in [5.74, 6) is 1.97. The highest BCUT2D eigenvalue weighted by atomic mass is 16.7. The highest BCUT2D eigenvalue weighted by Gasteiger charge is 2.36. The molecule has 5 heteroatoms. The van der Waals surface area contributed by atoms with Crippen LogP contribution in [0.1, 0.15) is 54.1 Å². The van der Waals surface area contributed by atoms with Crippen molar-refractivity contribution in [3.63, 3.8) is 0 Å². The quantitative estimate of drug-likeness (QED) is 0.850. The first-order valence-corrected chi connectivity index (χ1v) is 9.93. The van der Waals surface area contributed by atoms with Crippen LogP contribution in [0.5, 0.6) is 11.5 Å². The molecule has 4 rings (SSSR count). The van der Waals surface area contributed by atoms with E-state index in [0.717, 1.165) is 29.9 Å². The van der Waals surface area contributed by atoms with Crippen LogP contribution in [0.3, 0.4) is 0 Å². The lowest BCUT2D eigenvalue weighted by atomic mass is 9.74. The molecule has 2 heterocycles. The van der Waals surface area contributed by atoms with Crippen LogP contribution in [0.2, 0.25) is 0 Å². The van der Waals surface area contributed by atoms with Gasteiger partial charge >= 0.3 is 0 Å². The Kier molecular flexibility index (Phi) is 5.27. The van der Waals surface area contributed by atoms with Gasteiger partial charge in [-0.2, -0.15) is 0 Å². The highest BCUT2D eigenvalue weighted by Crippen LogP contribution is 2.40. The zero-order valence-electron chi connectivity index (χ0n) is 16.5. The molecule has 0 bridgehead atoms. The summed E-state index contributed by atoms with van der Waals surface area (Å²) in [6.45, 7) is 6.50. The number of rotatable bonds is 5. The van der Waals surface area contributed by atoms with Crippen molar-refractivity contribution in [2.75, 3.05) is 26.6 Å². The second-order valence-electron chi connectivity index (χ2n) is 7.92. The van der Waals surface area contributed by atoms with Crippen molar-refractivity contribution in [2.24, 2.45) is 0 Å². The molecule has 0 spiro atoms. The lowest BCUT2D eigenvalue weighted by molar-refractivity contribution is 0.0486. The predicted molar refractivity (Wildman–Crippen MR) is 107 cm³/mol. The van der Waals surface area contributed by atoms with E-state index >= 15 is 0 Å². The van der Waals surface area contributed by atoms with Gasteiger partial charge in [-0.1, -0.05) is 32.0 Å². The Morgan fingerprint density at radius 2 is 1.75 bits per heavy atom. The van der Waals surface area contributed by atoms with E-state index in [1.165, 1.54) is 5.56 Å². The van der Waals surface area contributed by atoms with Crippen molar-refractivity contribution in [2.45, 2.75) is 38.0 Å². The highest BCUT2D eigenvalue weighted by molar-refractivity contribution is 5.94. The fourth-order valence-electron chi connectivity index (χ4n) is 3.93. The van der Waals surface area contributed by atoms with Gasteiger partial charge in [-0.15, -0.1) is 0 Å². The minimum Gasteiger partial charge on any atom is -0.454 e. The second-order valence-corrected chi connectivity index (χ2v) is 7.92. The smallest absolute Gasteiger partial charge is 0.251 e. The first kappa shape index (κ1) is 18.8. The molecule has 0 radical (unpaired) electrons. The number of fused-ring (bicyclic) bond motifs is 1. The van der Waals surface area contributed by atoms with E-state index in [1.54, 1.807) is 0 Å². The van der Waals surface area contributed by atoms with Crippen LogP contribution in [0.4, 0.5) is 0 Å². The van der Waals surface area contributed by atoms with Gasteiger partial charge in [0.05, 0.1) is 0 Å². The minimum absolute atomic E-state index is 0.0399. The Balaban J connectivity index is 1.51. The van der Waals surface area contributed by atoms with E-state index in [1.807, 2.05) is 30.3 Å². The van der Waals surface area contributed by atoms with Gasteiger partial charge in [0.15, 0.2) is 11.5 Å². The van der Waals surface area contributed by atoms with E-state index < -0.39 is 0 Å². The maximum Gasteiger partial charge on any atom is 0.251 e. The van der Waals surface area contributed by atoms with Crippen molar-refractivity contribution in [1.29, 1.82) is 0 Å². The number of benzene rings is 2. The van der Waals surface area contributed by atoms with Gasteiger partial charge in [-0.05, 0) is 54.2 Å². The second kappa shape index (κ2) is 7.84. The molecule has 0 atom stereocenters. The number of ether oxygens (including phenoxy) is 3. The molecular weight excluding hydrogens is 354 g/mol. The number of amides is 1. The largest absolute Gasteiger partial charge is 0.454 e. The number of carbonyl (C=O) groups is 1. The van der Waals surface area contributed by atoms with Crippen LogP contribution in [0.25, 0.3) is 0 Å². The van der Waals surface area contributed by atoms with Crippen LogP contribution in [-0.4, -0.2) is 32.5 Å². The van der Waals surface area contributed by atoms with Crippen LogP contribution >= 0.6 is 0 Å². The van der Waals surface area contributed by atoms with Crippen LogP contribution in [0, 0.1) is 0 Å². The summed E-state index contributed by atoms with van der Waals surface area (Å²) in [6, 6.07) is 14.0. The maximum absolute atomic E-state index is 12.7. The van der Waals surface area contributed by atoms with E-state index in [2.05, 4.69) is 31.3 Å². The lowest BCUT2D eigenvalue weighted by Gasteiger charge is -2.38. The summed E-state index contributed by atoms with van der Waals surface area (Å²) < 4.78 is 16.6. The first-order valence-electron chi connectivity index (χ1n) is 9.93. The van der Waals surface area contributed by atoms with Gasteiger partial charge in [0.2, 0.25) is 6.79 Å². The predicted octanol–water partition coefficient (Wildman–Crippen LogP) is 4.02. The van der Waals surface area contributed by atoms with Crippen molar-refractivity contribution < 1.29 is 19.0 Å². The van der Waals surface area contributed by atoms with E-state index in [0.29, 0.717) is 31.2 Å². The van der Waals surface area contributed by atoms with Crippen LogP contribution in [0.15, 0.2) is 42.5 Å². The average molecular weight is 381 g/mol. The first-order chi connectivity index (χ1) is 13.6. The Morgan fingerprint density at radius 3 is 2.46 bits per heavy atom. The third kappa shape index (κ3) is 3.72. The van der Waals surface area contributed by atoms with Crippen molar-refractivity contribution in [3.05, 3.63) is 59.2 Å². The Hall–Kier alpha value is -2.53. The molecule has 1 N–H and O–H groups in total. The molecule has 1 fully saturated rings. The normalized spacial score (nSPS) is 17.5. The van der Waals surface area contributed by atoms with Crippen molar-refractivity contribution >= 4 is 5.91 Å². The molecule has 148 valence electrons. The standard InChI is InChI=1S/C23H27NO4/c1-16(2)17-3-5-18(6-4-17)22(25)24-14-23(9-11-26-12-10-23)19-7-8-20-21(13-19)28-15-27-20/h3-8,13,16H,9-12,14-15H2,1-2H3,(H,24,25). The van der Waals surface area contributed by atoms with Crippen molar-refractivity contribution in [3.8, 4) is 11.5 Å². The molecule has 0 unspecified atom stereocenters. The average Bonchev–Trinajstić information content (AvgIpc) is 3.21. The topological polar surface area (TPSA) is 56.8 Å². The van der Waals surface area contributed by atoms with E-state index in [4.69, 9.17) is 14.2 Å². The van der Waals surface area contributed by atoms with Gasteiger partial charge in [0.25, 0.3) is 5.91 Å². The summed E-state index contributed by atoms with van der Waals surface area (Å²) in [5.41, 5.74) is 2.93. The van der Waals surface area contributed by atoms with Gasteiger partial charge in [-0.3, -0.25) is 4.79 Å². The molecule has 5 nitrogen and oxygen atoms in total. The zero-order valence-corrected chi connectivity index (χ0v) is 16.5. The Morgan fingerprint density at radius 1 is 1.04 bits per heavy atom. The van der Waals surface area contributed by atoms with E-state index in [9.17, 15) is 4.79 Å². The van der Waals surface area contributed by atoms with Crippen molar-refractivity contribution in [1.82, 2.24) is 5.32 Å². The number of hydrogen-bond acceptors (Lipinski definition) is 4. The van der Waals surface area contributed by atoms with Gasteiger partial charge in [0, 0.05) is 30.7 Å². The molecule has 28 heavy (non-hydrogen) atoms. The third-order valence-electron chi connectivity index (χ3n) is 5.86.